The van der Waals surface area contributed by atoms with Crippen molar-refractivity contribution < 1.29 is 31.5 Å². The van der Waals surface area contributed by atoms with Crippen LogP contribution in [0.3, 0.4) is 0 Å². The summed E-state index contributed by atoms with van der Waals surface area (Å²) < 4.78 is 71.6. The van der Waals surface area contributed by atoms with Gasteiger partial charge in [-0.3, -0.25) is 0 Å². The summed E-state index contributed by atoms with van der Waals surface area (Å²) >= 11 is 0. The molecule has 4 aromatic rings. The highest BCUT2D eigenvalue weighted by Crippen LogP contribution is 2.34. The van der Waals surface area contributed by atoms with Gasteiger partial charge >= 0.3 is 12.3 Å². The number of hydrogen-bond acceptors (Lipinski definition) is 2. The number of aryl methyl sites for hydroxylation is 1. The minimum Gasteiger partial charge on any atom is -0.393 e. The van der Waals surface area contributed by atoms with E-state index in [2.05, 4.69) is 15.3 Å². The number of carbonyl (C=O) groups excluding carboxylic acids is 1. The van der Waals surface area contributed by atoms with Crippen molar-refractivity contribution in [2.24, 2.45) is 0 Å². The fraction of sp³-hybridized carbons (Fsp3) is 0.190. The molecule has 4 rings (SSSR count). The lowest BCUT2D eigenvalue weighted by atomic mass is 10.0. The van der Waals surface area contributed by atoms with Crippen molar-refractivity contribution in [2.45, 2.75) is 19.5 Å². The molecule has 0 unspecified atom stereocenters. The molecule has 10 heteroatoms. The number of nitrogens with one attached hydrogen (secondary N) is 3. The summed E-state index contributed by atoms with van der Waals surface area (Å²) in [6.07, 6.45) is -5.33. The number of alkyl halides is 3. The first-order chi connectivity index (χ1) is 14.6. The first-order valence-corrected chi connectivity index (χ1v) is 9.23. The predicted octanol–water partition coefficient (Wildman–Crippen LogP) is 5.59. The molecule has 0 saturated carbocycles. The number of fused-ring (bicyclic) bond motifs is 2. The molecule has 1 amide bonds. The molecule has 2 heterocycles. The van der Waals surface area contributed by atoms with Crippen LogP contribution in [0.15, 0.2) is 36.4 Å². The van der Waals surface area contributed by atoms with Gasteiger partial charge in [-0.15, -0.1) is 0 Å². The first kappa shape index (κ1) is 20.7. The molecule has 0 atom stereocenters. The number of ether oxygens (including phenoxy) is 1. The molecule has 0 spiro atoms. The summed E-state index contributed by atoms with van der Waals surface area (Å²) in [5, 5.41) is 3.13. The fourth-order valence-electron chi connectivity index (χ4n) is 3.48. The van der Waals surface area contributed by atoms with Gasteiger partial charge < -0.3 is 20.0 Å². The molecule has 0 saturated heterocycles. The van der Waals surface area contributed by atoms with Crippen LogP contribution in [0, 0.1) is 18.6 Å². The monoisotopic (exact) mass is 437 g/mol. The molecule has 2 aromatic carbocycles. The van der Waals surface area contributed by atoms with Gasteiger partial charge in [0.25, 0.3) is 0 Å². The topological polar surface area (TPSA) is 69.9 Å². The SMILES string of the molecule is Cc1[nH]c2c(F)cc(C(F)(F)F)cc2c1CCNC(=O)Oc1cc2cc(F)ccc2[nH]1. The van der Waals surface area contributed by atoms with Gasteiger partial charge in [0.15, 0.2) is 0 Å². The number of carbonyl (C=O) groups is 1. The van der Waals surface area contributed by atoms with Crippen LogP contribution in [0.4, 0.5) is 26.7 Å². The predicted molar refractivity (Wildman–Crippen MR) is 104 cm³/mol. The van der Waals surface area contributed by atoms with Gasteiger partial charge in [0.1, 0.15) is 11.6 Å². The standard InChI is InChI=1S/C21H16F5N3O2/c1-10-14(15-8-12(21(24,25)26)9-16(23)19(15)28-10)4-5-27-20(30)31-18-7-11-6-13(22)2-3-17(11)29-18/h2-3,6-9,28-29H,4-5H2,1H3,(H,27,30). The average molecular weight is 437 g/mol. The van der Waals surface area contributed by atoms with E-state index < -0.39 is 29.5 Å². The summed E-state index contributed by atoms with van der Waals surface area (Å²) in [6, 6.07) is 6.85. The first-order valence-electron chi connectivity index (χ1n) is 9.23. The maximum atomic E-state index is 14.1. The van der Waals surface area contributed by atoms with Crippen LogP contribution in [0.1, 0.15) is 16.8 Å². The Morgan fingerprint density at radius 3 is 2.61 bits per heavy atom. The van der Waals surface area contributed by atoms with Crippen molar-refractivity contribution in [1.82, 2.24) is 15.3 Å². The number of rotatable bonds is 4. The van der Waals surface area contributed by atoms with Crippen LogP contribution in [-0.4, -0.2) is 22.6 Å². The van der Waals surface area contributed by atoms with E-state index in [1.165, 1.54) is 24.3 Å². The lowest BCUT2D eigenvalue weighted by molar-refractivity contribution is -0.137. The summed E-state index contributed by atoms with van der Waals surface area (Å²) in [7, 11) is 0. The van der Waals surface area contributed by atoms with Gasteiger partial charge in [0.05, 0.1) is 11.1 Å². The van der Waals surface area contributed by atoms with E-state index in [-0.39, 0.29) is 29.7 Å². The highest BCUT2D eigenvalue weighted by molar-refractivity contribution is 5.86. The zero-order valence-corrected chi connectivity index (χ0v) is 16.1. The largest absolute Gasteiger partial charge is 0.416 e. The number of amides is 1. The maximum absolute atomic E-state index is 14.1. The number of halogens is 5. The van der Waals surface area contributed by atoms with Crippen molar-refractivity contribution in [3.05, 3.63) is 64.9 Å². The highest BCUT2D eigenvalue weighted by atomic mass is 19.4. The van der Waals surface area contributed by atoms with Crippen LogP contribution < -0.4 is 10.1 Å². The van der Waals surface area contributed by atoms with Gasteiger partial charge in [-0.1, -0.05) is 0 Å². The molecule has 5 nitrogen and oxygen atoms in total. The second-order valence-electron chi connectivity index (χ2n) is 7.04. The number of H-pyrrole nitrogens is 2. The molecule has 31 heavy (non-hydrogen) atoms. The second kappa shape index (κ2) is 7.60. The number of benzene rings is 2. The minimum atomic E-state index is -4.68. The van der Waals surface area contributed by atoms with E-state index in [4.69, 9.17) is 4.74 Å². The van der Waals surface area contributed by atoms with Gasteiger partial charge in [-0.25, -0.2) is 13.6 Å². The van der Waals surface area contributed by atoms with E-state index in [0.717, 1.165) is 6.07 Å². The zero-order chi connectivity index (χ0) is 22.3. The molecule has 0 aliphatic heterocycles. The van der Waals surface area contributed by atoms with Gasteiger partial charge in [0, 0.05) is 34.6 Å². The van der Waals surface area contributed by atoms with E-state index in [1.807, 2.05) is 0 Å². The van der Waals surface area contributed by atoms with Crippen LogP contribution >= 0.6 is 0 Å². The molecule has 0 aliphatic carbocycles. The molecular weight excluding hydrogens is 421 g/mol. The van der Waals surface area contributed by atoms with Crippen molar-refractivity contribution in [1.29, 1.82) is 0 Å². The van der Waals surface area contributed by atoms with Gasteiger partial charge in [-0.2, -0.15) is 13.2 Å². The van der Waals surface area contributed by atoms with Crippen molar-refractivity contribution >= 4 is 27.9 Å². The molecule has 2 aromatic heterocycles. The smallest absolute Gasteiger partial charge is 0.393 e. The average Bonchev–Trinajstić information content (AvgIpc) is 3.21. The third-order valence-corrected chi connectivity index (χ3v) is 4.91. The van der Waals surface area contributed by atoms with Crippen LogP contribution in [0.2, 0.25) is 0 Å². The van der Waals surface area contributed by atoms with E-state index >= 15 is 0 Å². The maximum Gasteiger partial charge on any atom is 0.416 e. The number of hydrogen-bond donors (Lipinski definition) is 3. The second-order valence-corrected chi connectivity index (χ2v) is 7.04. The van der Waals surface area contributed by atoms with Crippen molar-refractivity contribution in [2.75, 3.05) is 6.54 Å². The van der Waals surface area contributed by atoms with E-state index in [9.17, 15) is 26.7 Å². The number of aromatic nitrogens is 2. The molecular formula is C21H16F5N3O2. The van der Waals surface area contributed by atoms with Gasteiger partial charge in [-0.05, 0) is 49.2 Å². The molecule has 0 fully saturated rings. The Morgan fingerprint density at radius 2 is 1.87 bits per heavy atom. The van der Waals surface area contributed by atoms with Crippen molar-refractivity contribution in [3.63, 3.8) is 0 Å². The molecule has 0 aliphatic rings. The normalized spacial score (nSPS) is 11.9. The zero-order valence-electron chi connectivity index (χ0n) is 16.1. The summed E-state index contributed by atoms with van der Waals surface area (Å²) in [6.45, 7) is 1.66. The third-order valence-electron chi connectivity index (χ3n) is 4.91. The fourth-order valence-corrected chi connectivity index (χ4v) is 3.48. The Labute approximate surface area is 172 Å². The lowest BCUT2D eigenvalue weighted by Crippen LogP contribution is -2.28. The third kappa shape index (κ3) is 4.18. The minimum absolute atomic E-state index is 0.0200. The lowest BCUT2D eigenvalue weighted by Gasteiger charge is -2.09. The Balaban J connectivity index is 1.45. The Kier molecular flexibility index (Phi) is 5.08. The van der Waals surface area contributed by atoms with Crippen molar-refractivity contribution in [3.8, 4) is 5.88 Å². The Bertz CT molecular complexity index is 1290. The molecule has 0 radical (unpaired) electrons. The number of aromatic amines is 2. The quantitative estimate of drug-likeness (QED) is 0.365. The summed E-state index contributed by atoms with van der Waals surface area (Å²) in [5.74, 6) is -1.32. The summed E-state index contributed by atoms with van der Waals surface area (Å²) in [5.41, 5.74) is 0.442. The van der Waals surface area contributed by atoms with Crippen LogP contribution in [-0.2, 0) is 12.6 Å². The van der Waals surface area contributed by atoms with E-state index in [0.29, 0.717) is 28.2 Å². The molecule has 3 N–H and O–H groups in total. The Morgan fingerprint density at radius 1 is 1.10 bits per heavy atom. The Hall–Kier alpha value is -3.56. The van der Waals surface area contributed by atoms with E-state index in [1.54, 1.807) is 6.92 Å². The summed E-state index contributed by atoms with van der Waals surface area (Å²) in [4.78, 5) is 17.6. The van der Waals surface area contributed by atoms with Gasteiger partial charge in [0.2, 0.25) is 5.88 Å². The van der Waals surface area contributed by atoms with Crippen LogP contribution in [0.5, 0.6) is 5.88 Å². The van der Waals surface area contributed by atoms with Crippen LogP contribution in [0.25, 0.3) is 21.8 Å². The molecule has 162 valence electrons. The molecule has 0 bridgehead atoms. The highest BCUT2D eigenvalue weighted by Gasteiger charge is 2.32.